The summed E-state index contributed by atoms with van der Waals surface area (Å²) in [7, 11) is 2.90. The number of rotatable bonds is 6. The summed E-state index contributed by atoms with van der Waals surface area (Å²) in [5, 5.41) is 0. The molecule has 0 amide bonds. The van der Waals surface area contributed by atoms with Gasteiger partial charge in [-0.2, -0.15) is 0 Å². The van der Waals surface area contributed by atoms with E-state index in [2.05, 4.69) is 0 Å². The third-order valence-electron chi connectivity index (χ3n) is 4.07. The van der Waals surface area contributed by atoms with Crippen LogP contribution >= 0.6 is 0 Å². The molecule has 128 valence electrons. The Hall–Kier alpha value is -2.36. The molecule has 0 radical (unpaired) electrons. The van der Waals surface area contributed by atoms with Gasteiger partial charge in [-0.1, -0.05) is 26.0 Å². The van der Waals surface area contributed by atoms with Crippen molar-refractivity contribution in [3.05, 3.63) is 59.2 Å². The highest BCUT2D eigenvalue weighted by atomic mass is 19.1. The van der Waals surface area contributed by atoms with Crippen LogP contribution in [0.5, 0.6) is 11.5 Å². The van der Waals surface area contributed by atoms with E-state index in [1.54, 1.807) is 24.3 Å². The van der Waals surface area contributed by atoms with E-state index in [1.807, 2.05) is 13.8 Å². The number of ether oxygens (including phenoxy) is 2. The zero-order valence-electron chi connectivity index (χ0n) is 14.5. The van der Waals surface area contributed by atoms with Crippen molar-refractivity contribution in [3.63, 3.8) is 0 Å². The van der Waals surface area contributed by atoms with Gasteiger partial charge >= 0.3 is 0 Å². The number of allylic oxidation sites excluding steroid dienone is 2. The molecule has 0 heterocycles. The van der Waals surface area contributed by atoms with Crippen molar-refractivity contribution < 1.29 is 18.3 Å². The van der Waals surface area contributed by atoms with Crippen molar-refractivity contribution in [3.8, 4) is 11.5 Å². The Labute approximate surface area is 141 Å². The summed E-state index contributed by atoms with van der Waals surface area (Å²) in [6.45, 7) is 4.09. The minimum atomic E-state index is -0.391. The maximum Gasteiger partial charge on any atom is 0.165 e. The lowest BCUT2D eigenvalue weighted by molar-refractivity contribution is 0.386. The zero-order valence-corrected chi connectivity index (χ0v) is 14.5. The van der Waals surface area contributed by atoms with Crippen LogP contribution in [-0.2, 0) is 0 Å². The van der Waals surface area contributed by atoms with Crippen LogP contribution in [0.2, 0.25) is 0 Å². The average Bonchev–Trinajstić information content (AvgIpc) is 2.61. The van der Waals surface area contributed by atoms with Gasteiger partial charge in [-0.3, -0.25) is 0 Å². The summed E-state index contributed by atoms with van der Waals surface area (Å²) >= 11 is 0. The summed E-state index contributed by atoms with van der Waals surface area (Å²) in [5.74, 6) is -0.354. The Morgan fingerprint density at radius 1 is 0.750 bits per heavy atom. The van der Waals surface area contributed by atoms with Crippen LogP contribution in [0, 0.1) is 11.6 Å². The fourth-order valence-electron chi connectivity index (χ4n) is 2.88. The van der Waals surface area contributed by atoms with E-state index in [0.29, 0.717) is 0 Å². The minimum Gasteiger partial charge on any atom is -0.494 e. The summed E-state index contributed by atoms with van der Waals surface area (Å²) in [5.41, 5.74) is 3.95. The highest BCUT2D eigenvalue weighted by Gasteiger charge is 2.13. The van der Waals surface area contributed by atoms with Gasteiger partial charge in [0.25, 0.3) is 0 Å². The summed E-state index contributed by atoms with van der Waals surface area (Å²) in [6.07, 6.45) is 1.52. The first kappa shape index (κ1) is 18.0. The largest absolute Gasteiger partial charge is 0.494 e. The topological polar surface area (TPSA) is 18.5 Å². The molecule has 0 bridgehead atoms. The highest BCUT2D eigenvalue weighted by Crippen LogP contribution is 2.35. The maximum absolute atomic E-state index is 13.7. The summed E-state index contributed by atoms with van der Waals surface area (Å²) < 4.78 is 37.5. The van der Waals surface area contributed by atoms with Gasteiger partial charge in [0, 0.05) is 0 Å². The van der Waals surface area contributed by atoms with Crippen LogP contribution < -0.4 is 9.47 Å². The molecule has 24 heavy (non-hydrogen) atoms. The second kappa shape index (κ2) is 7.95. The molecule has 0 saturated carbocycles. The maximum atomic E-state index is 13.7. The van der Waals surface area contributed by atoms with Crippen LogP contribution in [0.4, 0.5) is 8.78 Å². The van der Waals surface area contributed by atoms with Gasteiger partial charge in [0.05, 0.1) is 14.2 Å². The van der Waals surface area contributed by atoms with Crippen molar-refractivity contribution in [2.45, 2.75) is 26.7 Å². The smallest absolute Gasteiger partial charge is 0.165 e. The lowest BCUT2D eigenvalue weighted by Gasteiger charge is -2.16. The second-order valence-corrected chi connectivity index (χ2v) is 5.36. The first-order valence-electron chi connectivity index (χ1n) is 7.95. The number of hydrogen-bond donors (Lipinski definition) is 0. The standard InChI is InChI=1S/C20H22F2O2/c1-5-15(13-7-9-17(21)19(11-13)23-3)16(6-2)14-8-10-18(22)20(12-14)24-4/h7-12H,5-6H2,1-4H3/b16-15-. The Morgan fingerprint density at radius 3 is 1.42 bits per heavy atom. The number of methoxy groups -OCH3 is 2. The lowest BCUT2D eigenvalue weighted by Crippen LogP contribution is -1.96. The fourth-order valence-corrected chi connectivity index (χ4v) is 2.88. The lowest BCUT2D eigenvalue weighted by atomic mass is 9.91. The van der Waals surface area contributed by atoms with Crippen molar-refractivity contribution in [2.75, 3.05) is 14.2 Å². The second-order valence-electron chi connectivity index (χ2n) is 5.36. The molecule has 2 nitrogen and oxygen atoms in total. The molecule has 2 aromatic rings. The van der Waals surface area contributed by atoms with E-state index in [-0.39, 0.29) is 11.5 Å². The minimum absolute atomic E-state index is 0.214. The molecule has 0 aliphatic carbocycles. The third kappa shape index (κ3) is 3.58. The SMILES string of the molecule is CC/C(=C(\CC)c1ccc(F)c(OC)c1)c1ccc(F)c(OC)c1. The highest BCUT2D eigenvalue weighted by molar-refractivity contribution is 5.91. The molecule has 0 spiro atoms. The number of benzene rings is 2. The van der Waals surface area contributed by atoms with Gasteiger partial charge in [0.1, 0.15) is 0 Å². The normalized spacial score (nSPS) is 11.9. The fraction of sp³-hybridized carbons (Fsp3) is 0.300. The van der Waals surface area contributed by atoms with Crippen LogP contribution in [0.1, 0.15) is 37.8 Å². The molecule has 0 atom stereocenters. The van der Waals surface area contributed by atoms with Gasteiger partial charge in [-0.05, 0) is 59.4 Å². The summed E-state index contributed by atoms with van der Waals surface area (Å²) in [6, 6.07) is 9.69. The molecule has 0 aliphatic rings. The number of hydrogen-bond acceptors (Lipinski definition) is 2. The third-order valence-corrected chi connectivity index (χ3v) is 4.07. The van der Waals surface area contributed by atoms with E-state index in [1.165, 1.54) is 26.4 Å². The Bertz CT molecular complexity index is 688. The van der Waals surface area contributed by atoms with E-state index in [9.17, 15) is 8.78 Å². The van der Waals surface area contributed by atoms with E-state index >= 15 is 0 Å². The van der Waals surface area contributed by atoms with Gasteiger partial charge in [0.2, 0.25) is 0 Å². The van der Waals surface area contributed by atoms with Gasteiger partial charge < -0.3 is 9.47 Å². The average molecular weight is 332 g/mol. The van der Waals surface area contributed by atoms with E-state index < -0.39 is 11.6 Å². The Morgan fingerprint density at radius 2 is 1.12 bits per heavy atom. The van der Waals surface area contributed by atoms with Crippen molar-refractivity contribution >= 4 is 11.1 Å². The summed E-state index contributed by atoms with van der Waals surface area (Å²) in [4.78, 5) is 0. The monoisotopic (exact) mass is 332 g/mol. The van der Waals surface area contributed by atoms with E-state index in [4.69, 9.17) is 9.47 Å². The molecular weight excluding hydrogens is 310 g/mol. The van der Waals surface area contributed by atoms with Crippen LogP contribution in [0.25, 0.3) is 11.1 Å². The molecule has 4 heteroatoms. The first-order valence-corrected chi connectivity index (χ1v) is 7.95. The molecule has 0 saturated heterocycles. The van der Waals surface area contributed by atoms with Gasteiger partial charge in [-0.25, -0.2) is 8.78 Å². The molecule has 2 rings (SSSR count). The molecule has 2 aromatic carbocycles. The first-order chi connectivity index (χ1) is 11.5. The van der Waals surface area contributed by atoms with E-state index in [0.717, 1.165) is 35.1 Å². The van der Waals surface area contributed by atoms with Crippen molar-refractivity contribution in [2.24, 2.45) is 0 Å². The predicted octanol–water partition coefficient (Wildman–Crippen LogP) is 5.71. The Kier molecular flexibility index (Phi) is 5.96. The Balaban J connectivity index is 2.62. The van der Waals surface area contributed by atoms with Crippen LogP contribution in [0.3, 0.4) is 0 Å². The van der Waals surface area contributed by atoms with Crippen LogP contribution in [-0.4, -0.2) is 14.2 Å². The van der Waals surface area contributed by atoms with Crippen molar-refractivity contribution in [1.29, 1.82) is 0 Å². The van der Waals surface area contributed by atoms with Gasteiger partial charge in [0.15, 0.2) is 23.1 Å². The zero-order chi connectivity index (χ0) is 17.7. The molecule has 0 aromatic heterocycles. The molecule has 0 aliphatic heterocycles. The molecular formula is C20H22F2O2. The van der Waals surface area contributed by atoms with Crippen molar-refractivity contribution in [1.82, 2.24) is 0 Å². The molecule has 0 fully saturated rings. The molecule has 0 unspecified atom stereocenters. The predicted molar refractivity (Wildman–Crippen MR) is 93.3 cm³/mol. The quantitative estimate of drug-likeness (QED) is 0.631. The number of halogens is 2. The van der Waals surface area contributed by atoms with Gasteiger partial charge in [-0.15, -0.1) is 0 Å². The molecule has 0 N–H and O–H groups in total. The van der Waals surface area contributed by atoms with Crippen LogP contribution in [0.15, 0.2) is 36.4 Å².